The van der Waals surface area contributed by atoms with Crippen LogP contribution in [0.2, 0.25) is 0 Å². The molecule has 1 aromatic heterocycles. The van der Waals surface area contributed by atoms with Gasteiger partial charge < -0.3 is 10.2 Å². The molecule has 0 spiro atoms. The van der Waals surface area contributed by atoms with Gasteiger partial charge in [0.15, 0.2) is 0 Å². The lowest BCUT2D eigenvalue weighted by molar-refractivity contribution is -0.140. The minimum atomic E-state index is -4.07. The zero-order valence-electron chi connectivity index (χ0n) is 15.5. The van der Waals surface area contributed by atoms with Crippen molar-refractivity contribution in [3.8, 4) is 10.4 Å². The van der Waals surface area contributed by atoms with E-state index in [0.717, 1.165) is 16.9 Å². The number of carboxylic acids is 2. The number of thiophene rings is 1. The maximum atomic E-state index is 12.9. The summed E-state index contributed by atoms with van der Waals surface area (Å²) in [5.41, 5.74) is -0.124. The number of benzene rings is 2. The summed E-state index contributed by atoms with van der Waals surface area (Å²) in [6.07, 6.45) is 0.177. The van der Waals surface area contributed by atoms with Crippen LogP contribution in [-0.2, 0) is 14.8 Å². The van der Waals surface area contributed by atoms with Gasteiger partial charge in [-0.25, -0.2) is 13.2 Å². The molecule has 0 unspecified atom stereocenters. The molecule has 0 amide bonds. The smallest absolute Gasteiger partial charge is 0.345 e. The van der Waals surface area contributed by atoms with Gasteiger partial charge in [-0.2, -0.15) is 4.72 Å². The first-order valence-corrected chi connectivity index (χ1v) is 11.3. The minimum Gasteiger partial charge on any atom is -0.480 e. The molecule has 0 radical (unpaired) electrons. The molecular weight excluding hydrogens is 426 g/mol. The van der Waals surface area contributed by atoms with Crippen molar-refractivity contribution < 1.29 is 28.2 Å². The average Bonchev–Trinajstić information content (AvgIpc) is 3.22. The Morgan fingerprint density at radius 3 is 2.20 bits per heavy atom. The highest BCUT2D eigenvalue weighted by atomic mass is 32.2. The topological polar surface area (TPSA) is 121 Å². The summed E-state index contributed by atoms with van der Waals surface area (Å²) >= 11 is 1.09. The number of hydrogen-bond acceptors (Lipinski definition) is 5. The van der Waals surface area contributed by atoms with Gasteiger partial charge in [-0.05, 0) is 41.8 Å². The van der Waals surface area contributed by atoms with Crippen LogP contribution in [-0.4, -0.2) is 36.1 Å². The SMILES string of the molecule is O=C(O)c1ccc(-c2ccc(S(=O)(=O)N[C@]3(C(=O)O)C[C@H]3c3ccccc3)cc2)s1. The highest BCUT2D eigenvalue weighted by Gasteiger charge is 2.63. The van der Waals surface area contributed by atoms with E-state index in [4.69, 9.17) is 5.11 Å². The van der Waals surface area contributed by atoms with Crippen LogP contribution < -0.4 is 4.72 Å². The van der Waals surface area contributed by atoms with Gasteiger partial charge >= 0.3 is 11.9 Å². The number of hydrogen-bond donors (Lipinski definition) is 3. The fourth-order valence-electron chi connectivity index (χ4n) is 3.45. The average molecular weight is 444 g/mol. The number of aliphatic carboxylic acids is 1. The van der Waals surface area contributed by atoms with Crippen LogP contribution in [0.5, 0.6) is 0 Å². The highest BCUT2D eigenvalue weighted by Crippen LogP contribution is 2.52. The second-order valence-corrected chi connectivity index (χ2v) is 9.81. The van der Waals surface area contributed by atoms with Gasteiger partial charge in [0.1, 0.15) is 10.4 Å². The molecule has 2 aromatic carbocycles. The van der Waals surface area contributed by atoms with Gasteiger partial charge in [-0.1, -0.05) is 42.5 Å². The Kier molecular flexibility index (Phi) is 4.97. The van der Waals surface area contributed by atoms with E-state index in [0.29, 0.717) is 10.4 Å². The van der Waals surface area contributed by atoms with Gasteiger partial charge in [0.2, 0.25) is 10.0 Å². The third kappa shape index (κ3) is 3.62. The molecule has 0 bridgehead atoms. The summed E-state index contributed by atoms with van der Waals surface area (Å²) in [5, 5.41) is 18.7. The number of carboxylic acid groups (broad SMARTS) is 2. The molecule has 154 valence electrons. The summed E-state index contributed by atoms with van der Waals surface area (Å²) in [7, 11) is -4.07. The molecule has 1 aliphatic carbocycles. The summed E-state index contributed by atoms with van der Waals surface area (Å²) in [6.45, 7) is 0. The van der Waals surface area contributed by atoms with E-state index in [9.17, 15) is 23.1 Å². The second-order valence-electron chi connectivity index (χ2n) is 7.04. The third-order valence-electron chi connectivity index (χ3n) is 5.13. The fraction of sp³-hybridized carbons (Fsp3) is 0.143. The normalized spacial score (nSPS) is 20.6. The van der Waals surface area contributed by atoms with E-state index in [1.807, 2.05) is 6.07 Å². The van der Waals surface area contributed by atoms with Crippen LogP contribution in [0, 0.1) is 0 Å². The van der Waals surface area contributed by atoms with Crippen molar-refractivity contribution >= 4 is 33.3 Å². The van der Waals surface area contributed by atoms with E-state index in [1.54, 1.807) is 42.5 Å². The predicted octanol–water partition coefficient (Wildman–Crippen LogP) is 3.40. The maximum absolute atomic E-state index is 12.9. The summed E-state index contributed by atoms with van der Waals surface area (Å²) in [5.74, 6) is -2.67. The first-order valence-electron chi connectivity index (χ1n) is 8.99. The zero-order chi connectivity index (χ0) is 21.5. The Balaban J connectivity index is 1.57. The van der Waals surface area contributed by atoms with Crippen LogP contribution in [0.1, 0.15) is 27.6 Å². The number of sulfonamides is 1. The van der Waals surface area contributed by atoms with Gasteiger partial charge in [-0.3, -0.25) is 4.79 Å². The molecule has 0 saturated heterocycles. The lowest BCUT2D eigenvalue weighted by Gasteiger charge is -2.16. The summed E-state index contributed by atoms with van der Waals surface area (Å²) < 4.78 is 28.1. The van der Waals surface area contributed by atoms with E-state index in [1.165, 1.54) is 18.2 Å². The number of rotatable bonds is 7. The number of carbonyl (C=O) groups is 2. The summed E-state index contributed by atoms with van der Waals surface area (Å²) in [6, 6.07) is 18.0. The minimum absolute atomic E-state index is 0.0550. The maximum Gasteiger partial charge on any atom is 0.345 e. The first kappa shape index (κ1) is 20.3. The van der Waals surface area contributed by atoms with E-state index >= 15 is 0 Å². The van der Waals surface area contributed by atoms with Crippen LogP contribution in [0.3, 0.4) is 0 Å². The molecule has 3 aromatic rings. The third-order valence-corrected chi connectivity index (χ3v) is 7.77. The van der Waals surface area contributed by atoms with Gasteiger partial charge in [-0.15, -0.1) is 11.3 Å². The van der Waals surface area contributed by atoms with Crippen LogP contribution in [0.4, 0.5) is 0 Å². The largest absolute Gasteiger partial charge is 0.480 e. The van der Waals surface area contributed by atoms with Crippen molar-refractivity contribution in [2.45, 2.75) is 22.8 Å². The molecule has 7 nitrogen and oxygen atoms in total. The molecule has 1 heterocycles. The van der Waals surface area contributed by atoms with Crippen molar-refractivity contribution in [2.24, 2.45) is 0 Å². The van der Waals surface area contributed by atoms with Crippen molar-refractivity contribution in [1.82, 2.24) is 4.72 Å². The first-order chi connectivity index (χ1) is 14.2. The second kappa shape index (κ2) is 7.35. The van der Waals surface area contributed by atoms with Crippen molar-refractivity contribution in [2.75, 3.05) is 0 Å². The molecule has 3 N–H and O–H groups in total. The van der Waals surface area contributed by atoms with Crippen molar-refractivity contribution in [3.63, 3.8) is 0 Å². The quantitative estimate of drug-likeness (QED) is 0.515. The highest BCUT2D eigenvalue weighted by molar-refractivity contribution is 7.89. The summed E-state index contributed by atoms with van der Waals surface area (Å²) in [4.78, 5) is 23.8. The molecule has 9 heteroatoms. The number of aromatic carboxylic acids is 1. The Morgan fingerprint density at radius 2 is 1.63 bits per heavy atom. The molecule has 30 heavy (non-hydrogen) atoms. The van der Waals surface area contributed by atoms with E-state index < -0.39 is 33.4 Å². The zero-order valence-corrected chi connectivity index (χ0v) is 17.1. The van der Waals surface area contributed by atoms with Gasteiger partial charge in [0, 0.05) is 10.8 Å². The molecular formula is C21H17NO6S2. The fourth-order valence-corrected chi connectivity index (χ4v) is 5.70. The van der Waals surface area contributed by atoms with E-state index in [-0.39, 0.29) is 16.2 Å². The van der Waals surface area contributed by atoms with Crippen molar-refractivity contribution in [1.29, 1.82) is 0 Å². The van der Waals surface area contributed by atoms with Gasteiger partial charge in [0.25, 0.3) is 0 Å². The van der Waals surface area contributed by atoms with Crippen LogP contribution in [0.15, 0.2) is 71.6 Å². The molecule has 4 rings (SSSR count). The lowest BCUT2D eigenvalue weighted by Crippen LogP contribution is -2.44. The predicted molar refractivity (Wildman–Crippen MR) is 111 cm³/mol. The van der Waals surface area contributed by atoms with Crippen molar-refractivity contribution in [3.05, 3.63) is 77.2 Å². The van der Waals surface area contributed by atoms with Crippen LogP contribution in [0.25, 0.3) is 10.4 Å². The number of nitrogens with one attached hydrogen (secondary N) is 1. The standard InChI is InChI=1S/C21H17NO6S2/c23-19(24)18-11-10-17(29-18)14-6-8-15(9-7-14)30(27,28)22-21(20(25)26)12-16(21)13-4-2-1-3-5-13/h1-11,16,22H,12H2,(H,23,24)(H,25,26)/t16-,21+/m0/s1. The Hall–Kier alpha value is -3.01. The molecule has 1 aliphatic rings. The van der Waals surface area contributed by atoms with Gasteiger partial charge in [0.05, 0.1) is 4.90 Å². The van der Waals surface area contributed by atoms with Crippen LogP contribution >= 0.6 is 11.3 Å². The Morgan fingerprint density at radius 1 is 0.967 bits per heavy atom. The Bertz CT molecular complexity index is 1220. The molecule has 2 atom stereocenters. The van der Waals surface area contributed by atoms with E-state index in [2.05, 4.69) is 4.72 Å². The molecule has 1 saturated carbocycles. The monoisotopic (exact) mass is 443 g/mol. The lowest BCUT2D eigenvalue weighted by atomic mass is 10.1. The Labute approximate surface area is 176 Å². The molecule has 1 fully saturated rings. The molecule has 0 aliphatic heterocycles.